The number of hydrogen-bond donors (Lipinski definition) is 1. The lowest BCUT2D eigenvalue weighted by Gasteiger charge is -2.20. The van der Waals surface area contributed by atoms with E-state index in [4.69, 9.17) is 0 Å². The van der Waals surface area contributed by atoms with Crippen molar-refractivity contribution in [1.29, 1.82) is 0 Å². The number of aliphatic imine (C=N–C) groups is 1. The van der Waals surface area contributed by atoms with Crippen molar-refractivity contribution in [2.45, 2.75) is 12.6 Å². The van der Waals surface area contributed by atoms with Gasteiger partial charge in [0.15, 0.2) is 0 Å². The summed E-state index contributed by atoms with van der Waals surface area (Å²) in [6, 6.07) is 0. The van der Waals surface area contributed by atoms with E-state index >= 15 is 0 Å². The van der Waals surface area contributed by atoms with Gasteiger partial charge in [0.2, 0.25) is 5.91 Å². The van der Waals surface area contributed by atoms with Gasteiger partial charge in [-0.25, -0.2) is 0 Å². The minimum atomic E-state index is -0.0579. The zero-order chi connectivity index (χ0) is 8.39. The predicted molar refractivity (Wildman–Crippen MR) is 46.8 cm³/mol. The topological polar surface area (TPSA) is 41.5 Å². The zero-order valence-electron chi connectivity index (χ0n) is 6.60. The number of amides is 1. The van der Waals surface area contributed by atoms with Gasteiger partial charge in [0.05, 0.1) is 0 Å². The van der Waals surface area contributed by atoms with Crippen LogP contribution in [0.1, 0.15) is 6.42 Å². The van der Waals surface area contributed by atoms with E-state index in [-0.39, 0.29) is 12.1 Å². The van der Waals surface area contributed by atoms with Crippen LogP contribution in [0.4, 0.5) is 0 Å². The van der Waals surface area contributed by atoms with Crippen molar-refractivity contribution >= 4 is 12.1 Å². The maximum absolute atomic E-state index is 11.0. The Hall–Kier alpha value is -1.38. The molecular weight excluding hydrogens is 152 g/mol. The Bertz CT molecular complexity index is 278. The molecule has 12 heavy (non-hydrogen) atoms. The van der Waals surface area contributed by atoms with Crippen molar-refractivity contribution < 1.29 is 4.79 Å². The highest BCUT2D eigenvalue weighted by molar-refractivity contribution is 5.88. The number of fused-ring (bicyclic) bond motifs is 1. The highest BCUT2D eigenvalue weighted by atomic mass is 16.1. The Morgan fingerprint density at radius 3 is 3.42 bits per heavy atom. The summed E-state index contributed by atoms with van der Waals surface area (Å²) < 4.78 is 0. The van der Waals surface area contributed by atoms with Crippen LogP contribution in [0.15, 0.2) is 29.3 Å². The smallest absolute Gasteiger partial charge is 0.245 e. The molecule has 2 unspecified atom stereocenters. The minimum Gasteiger partial charge on any atom is -0.330 e. The molecule has 2 rings (SSSR count). The molecular formula is C9H10N2O. The van der Waals surface area contributed by atoms with Crippen LogP contribution in [0.5, 0.6) is 0 Å². The second kappa shape index (κ2) is 2.93. The number of carbonyl (C=O) groups excluding carboxylic acids is 1. The van der Waals surface area contributed by atoms with Gasteiger partial charge in [-0.3, -0.25) is 9.79 Å². The molecule has 0 fully saturated rings. The molecule has 1 amide bonds. The van der Waals surface area contributed by atoms with Gasteiger partial charge in [0, 0.05) is 12.1 Å². The summed E-state index contributed by atoms with van der Waals surface area (Å²) in [5.74, 6) is 0.285. The van der Waals surface area contributed by atoms with Crippen molar-refractivity contribution in [2.24, 2.45) is 10.9 Å². The van der Waals surface area contributed by atoms with E-state index in [0.717, 1.165) is 6.42 Å². The first-order valence-corrected chi connectivity index (χ1v) is 4.03. The molecule has 0 spiro atoms. The molecule has 0 aromatic rings. The molecule has 3 nitrogen and oxygen atoms in total. The van der Waals surface area contributed by atoms with E-state index in [9.17, 15) is 4.79 Å². The average Bonchev–Trinajstić information content (AvgIpc) is 2.25. The number of hydrogen-bond acceptors (Lipinski definition) is 2. The summed E-state index contributed by atoms with van der Waals surface area (Å²) in [4.78, 5) is 15.2. The quantitative estimate of drug-likeness (QED) is 0.558. The third-order valence-corrected chi connectivity index (χ3v) is 2.06. The van der Waals surface area contributed by atoms with Crippen LogP contribution in [0.3, 0.4) is 0 Å². The van der Waals surface area contributed by atoms with Gasteiger partial charge in [-0.15, -0.1) is 0 Å². The van der Waals surface area contributed by atoms with Crippen LogP contribution in [0.2, 0.25) is 0 Å². The third kappa shape index (κ3) is 1.30. The van der Waals surface area contributed by atoms with E-state index in [1.807, 2.05) is 12.2 Å². The van der Waals surface area contributed by atoms with Gasteiger partial charge in [0.25, 0.3) is 0 Å². The van der Waals surface area contributed by atoms with E-state index in [1.165, 1.54) is 0 Å². The number of nitrogens with one attached hydrogen (secondary N) is 1. The number of allylic oxidation sites excluding steroid dienone is 2. The van der Waals surface area contributed by atoms with Crippen molar-refractivity contribution in [3.63, 3.8) is 0 Å². The Balaban J connectivity index is 2.19. The van der Waals surface area contributed by atoms with Crippen molar-refractivity contribution in [1.82, 2.24) is 5.32 Å². The van der Waals surface area contributed by atoms with Crippen LogP contribution in [0, 0.1) is 5.92 Å². The lowest BCUT2D eigenvalue weighted by Crippen LogP contribution is -2.36. The fourth-order valence-corrected chi connectivity index (χ4v) is 1.43. The monoisotopic (exact) mass is 162 g/mol. The van der Waals surface area contributed by atoms with Crippen LogP contribution in [0.25, 0.3) is 0 Å². The van der Waals surface area contributed by atoms with Gasteiger partial charge < -0.3 is 5.32 Å². The molecule has 2 atom stereocenters. The maximum Gasteiger partial charge on any atom is 0.245 e. The molecule has 2 heterocycles. The predicted octanol–water partition coefficient (Wildman–Crippen LogP) is 0.645. The molecule has 62 valence electrons. The van der Waals surface area contributed by atoms with Crippen LogP contribution in [-0.2, 0) is 4.79 Å². The van der Waals surface area contributed by atoms with Gasteiger partial charge in [-0.05, 0) is 18.6 Å². The van der Waals surface area contributed by atoms with E-state index in [2.05, 4.69) is 16.4 Å². The van der Waals surface area contributed by atoms with E-state index < -0.39 is 0 Å². The first-order valence-electron chi connectivity index (χ1n) is 4.03. The van der Waals surface area contributed by atoms with Gasteiger partial charge >= 0.3 is 0 Å². The molecule has 2 aliphatic rings. The molecule has 0 radical (unpaired) electrons. The number of nitrogens with zero attached hydrogens (tertiary/aromatic N) is 1. The highest BCUT2D eigenvalue weighted by Gasteiger charge is 2.21. The summed E-state index contributed by atoms with van der Waals surface area (Å²) in [7, 11) is 0. The second-order valence-corrected chi connectivity index (χ2v) is 2.94. The highest BCUT2D eigenvalue weighted by Crippen LogP contribution is 2.17. The maximum atomic E-state index is 11.0. The van der Waals surface area contributed by atoms with Gasteiger partial charge in [0.1, 0.15) is 6.17 Å². The van der Waals surface area contributed by atoms with E-state index in [1.54, 1.807) is 12.3 Å². The first-order chi connectivity index (χ1) is 5.86. The second-order valence-electron chi connectivity index (χ2n) is 2.94. The first kappa shape index (κ1) is 7.28. The number of rotatable bonds is 0. The van der Waals surface area contributed by atoms with E-state index in [0.29, 0.717) is 5.92 Å². The van der Waals surface area contributed by atoms with Crippen LogP contribution in [-0.4, -0.2) is 18.3 Å². The van der Waals surface area contributed by atoms with Crippen molar-refractivity contribution in [2.75, 3.05) is 0 Å². The molecule has 0 aromatic heterocycles. The summed E-state index contributed by atoms with van der Waals surface area (Å²) in [6.45, 7) is 0. The number of dihydropyridines is 1. The summed E-state index contributed by atoms with van der Waals surface area (Å²) >= 11 is 0. The van der Waals surface area contributed by atoms with Gasteiger partial charge in [-0.2, -0.15) is 0 Å². The largest absolute Gasteiger partial charge is 0.330 e. The lowest BCUT2D eigenvalue weighted by atomic mass is 10.0. The molecule has 0 bridgehead atoms. The lowest BCUT2D eigenvalue weighted by molar-refractivity contribution is -0.117. The Kier molecular flexibility index (Phi) is 1.78. The fraction of sp³-hybridized carbons (Fsp3) is 0.333. The normalized spacial score (nSPS) is 32.5. The fourth-order valence-electron chi connectivity index (χ4n) is 1.43. The third-order valence-electron chi connectivity index (χ3n) is 2.06. The SMILES string of the molecule is O=C1C=CCC2C=CC=NC2N1. The van der Waals surface area contributed by atoms with Crippen LogP contribution >= 0.6 is 0 Å². The molecule has 3 heteroatoms. The van der Waals surface area contributed by atoms with Crippen molar-refractivity contribution in [3.8, 4) is 0 Å². The Morgan fingerprint density at radius 1 is 1.58 bits per heavy atom. The Morgan fingerprint density at radius 2 is 2.50 bits per heavy atom. The standard InChI is InChI=1S/C9H10N2O/c12-8-5-1-3-7-4-2-6-10-9(7)11-8/h1-2,4-7,9H,3H2,(H,11,12). The molecule has 0 aromatic carbocycles. The summed E-state index contributed by atoms with van der Waals surface area (Å²) in [6.07, 6.45) is 10.0. The molecule has 0 saturated carbocycles. The van der Waals surface area contributed by atoms with Gasteiger partial charge in [-0.1, -0.05) is 12.2 Å². The number of carbonyl (C=O) groups is 1. The average molecular weight is 162 g/mol. The molecule has 0 aliphatic carbocycles. The zero-order valence-corrected chi connectivity index (χ0v) is 6.60. The van der Waals surface area contributed by atoms with Crippen LogP contribution < -0.4 is 5.32 Å². The molecule has 2 aliphatic heterocycles. The minimum absolute atomic E-state index is 0.0463. The summed E-state index contributed by atoms with van der Waals surface area (Å²) in [5.41, 5.74) is 0. The molecule has 0 saturated heterocycles. The summed E-state index contributed by atoms with van der Waals surface area (Å²) in [5, 5.41) is 2.81. The van der Waals surface area contributed by atoms with Crippen molar-refractivity contribution in [3.05, 3.63) is 24.3 Å². The molecule has 1 N–H and O–H groups in total. The Labute approximate surface area is 70.9 Å².